The molecule has 0 bridgehead atoms. The third-order valence-electron chi connectivity index (χ3n) is 2.95. The molecule has 0 aromatic heterocycles. The summed E-state index contributed by atoms with van der Waals surface area (Å²) < 4.78 is 0. The van der Waals surface area contributed by atoms with Crippen LogP contribution >= 0.6 is 0 Å². The second-order valence-corrected chi connectivity index (χ2v) is 4.74. The van der Waals surface area contributed by atoms with E-state index in [9.17, 15) is 14.4 Å². The Labute approximate surface area is 119 Å². The predicted octanol–water partition coefficient (Wildman–Crippen LogP) is 2.60. The molecule has 0 radical (unpaired) electrons. The fraction of sp³-hybridized carbons (Fsp3) is 0.312. The summed E-state index contributed by atoms with van der Waals surface area (Å²) in [5, 5.41) is 0. The van der Waals surface area contributed by atoms with Crippen LogP contribution < -0.4 is 0 Å². The van der Waals surface area contributed by atoms with Crippen molar-refractivity contribution in [3.8, 4) is 0 Å². The van der Waals surface area contributed by atoms with E-state index in [0.717, 1.165) is 4.90 Å². The van der Waals surface area contributed by atoms with Gasteiger partial charge < -0.3 is 0 Å². The van der Waals surface area contributed by atoms with Crippen molar-refractivity contribution < 1.29 is 14.4 Å². The molecule has 0 aliphatic carbocycles. The maximum atomic E-state index is 12.3. The number of benzene rings is 1. The number of allylic oxidation sites excluding steroid dienone is 1. The topological polar surface area (TPSA) is 54.5 Å². The molecule has 0 aliphatic rings. The second-order valence-electron chi connectivity index (χ2n) is 4.74. The van der Waals surface area contributed by atoms with Crippen LogP contribution in [-0.2, 0) is 9.59 Å². The lowest BCUT2D eigenvalue weighted by Crippen LogP contribution is -2.45. The average molecular weight is 273 g/mol. The molecule has 0 heterocycles. The van der Waals surface area contributed by atoms with Crippen LogP contribution in [0.25, 0.3) is 0 Å². The molecule has 0 atom stereocenters. The Hall–Kier alpha value is -2.23. The minimum absolute atomic E-state index is 0.286. The zero-order valence-corrected chi connectivity index (χ0v) is 12.2. The van der Waals surface area contributed by atoms with Gasteiger partial charge in [0, 0.05) is 17.2 Å². The van der Waals surface area contributed by atoms with E-state index in [0.29, 0.717) is 5.57 Å². The number of carbonyl (C=O) groups is 3. The molecule has 4 nitrogen and oxygen atoms in total. The highest BCUT2D eigenvalue weighted by atomic mass is 16.2. The molecule has 1 aromatic rings. The van der Waals surface area contributed by atoms with Crippen molar-refractivity contribution in [1.82, 2.24) is 4.90 Å². The molecule has 1 rings (SSSR count). The number of rotatable bonds is 4. The molecule has 0 N–H and O–H groups in total. The third-order valence-corrected chi connectivity index (χ3v) is 2.95. The van der Waals surface area contributed by atoms with Crippen LogP contribution in [0.15, 0.2) is 42.0 Å². The van der Waals surface area contributed by atoms with Crippen molar-refractivity contribution in [2.45, 2.75) is 33.7 Å². The summed E-state index contributed by atoms with van der Waals surface area (Å²) in [5.41, 5.74) is 0.724. The highest BCUT2D eigenvalue weighted by molar-refractivity contribution is 6.45. The molecule has 0 saturated carbocycles. The van der Waals surface area contributed by atoms with Gasteiger partial charge in [0.05, 0.1) is 0 Å². The van der Waals surface area contributed by atoms with Gasteiger partial charge in [0.1, 0.15) is 0 Å². The number of ketones is 1. The lowest BCUT2D eigenvalue weighted by atomic mass is 10.1. The normalized spacial score (nSPS) is 11.3. The van der Waals surface area contributed by atoms with Crippen LogP contribution in [0.1, 0.15) is 38.1 Å². The zero-order chi connectivity index (χ0) is 15.3. The van der Waals surface area contributed by atoms with Crippen molar-refractivity contribution in [1.29, 1.82) is 0 Å². The Morgan fingerprint density at radius 1 is 1.05 bits per heavy atom. The van der Waals surface area contributed by atoms with E-state index in [1.54, 1.807) is 64.1 Å². The molecule has 0 spiro atoms. The predicted molar refractivity (Wildman–Crippen MR) is 77.2 cm³/mol. The first-order valence-corrected chi connectivity index (χ1v) is 6.50. The van der Waals surface area contributed by atoms with Gasteiger partial charge in [-0.1, -0.05) is 36.4 Å². The van der Waals surface area contributed by atoms with E-state index >= 15 is 0 Å². The van der Waals surface area contributed by atoms with E-state index < -0.39 is 17.6 Å². The van der Waals surface area contributed by atoms with Crippen LogP contribution in [0.2, 0.25) is 0 Å². The van der Waals surface area contributed by atoms with Gasteiger partial charge in [0.25, 0.3) is 11.7 Å². The molecule has 4 heteroatoms. The summed E-state index contributed by atoms with van der Waals surface area (Å²) in [6.45, 7) is 6.75. The summed E-state index contributed by atoms with van der Waals surface area (Å²) in [7, 11) is 0. The second kappa shape index (κ2) is 6.80. The van der Waals surface area contributed by atoms with Crippen LogP contribution in [-0.4, -0.2) is 28.5 Å². The highest BCUT2D eigenvalue weighted by Gasteiger charge is 2.30. The summed E-state index contributed by atoms with van der Waals surface area (Å²) in [5.74, 6) is -1.90. The Kier molecular flexibility index (Phi) is 5.38. The first-order valence-electron chi connectivity index (χ1n) is 6.50. The van der Waals surface area contributed by atoms with Gasteiger partial charge in [-0.15, -0.1) is 0 Å². The van der Waals surface area contributed by atoms with Gasteiger partial charge in [0.2, 0.25) is 0 Å². The van der Waals surface area contributed by atoms with Gasteiger partial charge in [-0.05, 0) is 27.7 Å². The summed E-state index contributed by atoms with van der Waals surface area (Å²) in [6.07, 6.45) is 1.62. The molecule has 1 aromatic carbocycles. The van der Waals surface area contributed by atoms with E-state index in [1.807, 2.05) is 0 Å². The van der Waals surface area contributed by atoms with Gasteiger partial charge >= 0.3 is 5.91 Å². The first kappa shape index (κ1) is 15.8. The van der Waals surface area contributed by atoms with Crippen molar-refractivity contribution in [2.24, 2.45) is 0 Å². The first-order chi connectivity index (χ1) is 9.40. The van der Waals surface area contributed by atoms with Crippen LogP contribution in [0.4, 0.5) is 0 Å². The summed E-state index contributed by atoms with van der Waals surface area (Å²) >= 11 is 0. The maximum absolute atomic E-state index is 12.3. The monoisotopic (exact) mass is 273 g/mol. The van der Waals surface area contributed by atoms with Crippen LogP contribution in [0.5, 0.6) is 0 Å². The van der Waals surface area contributed by atoms with E-state index in [1.165, 1.54) is 0 Å². The smallest absolute Gasteiger partial charge is 0.283 e. The molecule has 0 aliphatic heterocycles. The van der Waals surface area contributed by atoms with E-state index in [4.69, 9.17) is 0 Å². The van der Waals surface area contributed by atoms with E-state index in [2.05, 4.69) is 0 Å². The Morgan fingerprint density at radius 2 is 1.60 bits per heavy atom. The molecule has 0 unspecified atom stereocenters. The molecule has 0 fully saturated rings. The average Bonchev–Trinajstić information content (AvgIpc) is 2.45. The zero-order valence-electron chi connectivity index (χ0n) is 12.2. The number of hydrogen-bond acceptors (Lipinski definition) is 3. The van der Waals surface area contributed by atoms with Crippen molar-refractivity contribution in [3.05, 3.63) is 47.5 Å². The van der Waals surface area contributed by atoms with Crippen LogP contribution in [0.3, 0.4) is 0 Å². The fourth-order valence-electron chi connectivity index (χ4n) is 1.70. The SMILES string of the molecule is C/C=C(\C)C(=O)N(C(=O)C(=O)c1ccccc1)C(C)C. The summed E-state index contributed by atoms with van der Waals surface area (Å²) in [4.78, 5) is 37.6. The minimum atomic E-state index is -0.794. The molecular formula is C16H19NO3. The number of hydrogen-bond donors (Lipinski definition) is 0. The number of carbonyl (C=O) groups excluding carboxylic acids is 3. The Morgan fingerprint density at radius 3 is 2.05 bits per heavy atom. The lowest BCUT2D eigenvalue weighted by molar-refractivity contribution is -0.141. The summed E-state index contributed by atoms with van der Waals surface area (Å²) in [6, 6.07) is 7.87. The number of imide groups is 1. The molecule has 0 saturated heterocycles. The molecule has 2 amide bonds. The number of nitrogens with zero attached hydrogens (tertiary/aromatic N) is 1. The Bertz CT molecular complexity index is 544. The van der Waals surface area contributed by atoms with Crippen LogP contribution in [0, 0.1) is 0 Å². The quantitative estimate of drug-likeness (QED) is 0.481. The molecule has 20 heavy (non-hydrogen) atoms. The van der Waals surface area contributed by atoms with Gasteiger partial charge in [-0.3, -0.25) is 19.3 Å². The third kappa shape index (κ3) is 3.41. The van der Waals surface area contributed by atoms with Gasteiger partial charge in [0.15, 0.2) is 0 Å². The molecular weight excluding hydrogens is 254 g/mol. The molecule has 106 valence electrons. The van der Waals surface area contributed by atoms with Gasteiger partial charge in [-0.25, -0.2) is 0 Å². The number of Topliss-reactive ketones (excluding diaryl/α,β-unsaturated/α-hetero) is 1. The van der Waals surface area contributed by atoms with E-state index in [-0.39, 0.29) is 11.6 Å². The Balaban J connectivity index is 3.08. The number of amides is 2. The minimum Gasteiger partial charge on any atom is -0.283 e. The van der Waals surface area contributed by atoms with Crippen molar-refractivity contribution in [2.75, 3.05) is 0 Å². The van der Waals surface area contributed by atoms with Crippen molar-refractivity contribution in [3.63, 3.8) is 0 Å². The largest absolute Gasteiger partial charge is 0.302 e. The van der Waals surface area contributed by atoms with Crippen molar-refractivity contribution >= 4 is 17.6 Å². The maximum Gasteiger partial charge on any atom is 0.302 e. The fourth-order valence-corrected chi connectivity index (χ4v) is 1.70. The highest BCUT2D eigenvalue weighted by Crippen LogP contribution is 2.10. The lowest BCUT2D eigenvalue weighted by Gasteiger charge is -2.24. The standard InChI is InChI=1S/C16H19NO3/c1-5-12(4)15(19)17(11(2)3)16(20)14(18)13-9-7-6-8-10-13/h5-11H,1-4H3/b12-5+. The van der Waals surface area contributed by atoms with Gasteiger partial charge in [-0.2, -0.15) is 0 Å².